The maximum atomic E-state index is 13.4. The van der Waals surface area contributed by atoms with Gasteiger partial charge in [0, 0.05) is 44.4 Å². The highest BCUT2D eigenvalue weighted by Gasteiger charge is 2.37. The topological polar surface area (TPSA) is 71.1 Å². The van der Waals surface area contributed by atoms with Gasteiger partial charge in [-0.3, -0.25) is 14.5 Å². The van der Waals surface area contributed by atoms with E-state index < -0.39 is 0 Å². The number of hydrogen-bond acceptors (Lipinski definition) is 5. The normalized spacial score (nSPS) is 18.8. The van der Waals surface area contributed by atoms with Crippen LogP contribution in [0.15, 0.2) is 18.2 Å². The molecule has 1 unspecified atom stereocenters. The number of carbonyl (C=O) groups is 2. The second-order valence-corrected chi connectivity index (χ2v) is 9.06. The van der Waals surface area contributed by atoms with Crippen LogP contribution in [0.2, 0.25) is 0 Å². The molecule has 0 spiro atoms. The highest BCUT2D eigenvalue weighted by molar-refractivity contribution is 5.95. The molecule has 1 atom stereocenters. The molecule has 7 nitrogen and oxygen atoms in total. The number of methoxy groups -OCH3 is 2. The third-order valence-corrected chi connectivity index (χ3v) is 6.41. The van der Waals surface area contributed by atoms with E-state index in [1.165, 1.54) is 12.8 Å². The number of benzene rings is 1. The van der Waals surface area contributed by atoms with E-state index in [9.17, 15) is 9.59 Å². The van der Waals surface area contributed by atoms with Crippen molar-refractivity contribution >= 4 is 17.5 Å². The molecule has 1 aromatic rings. The number of rotatable bonds is 8. The molecule has 1 N–H and O–H groups in total. The van der Waals surface area contributed by atoms with Gasteiger partial charge in [0.2, 0.25) is 11.8 Å². The van der Waals surface area contributed by atoms with Crippen molar-refractivity contribution in [2.24, 2.45) is 11.8 Å². The predicted molar refractivity (Wildman–Crippen MR) is 122 cm³/mol. The second-order valence-electron chi connectivity index (χ2n) is 9.06. The molecular weight excluding hydrogens is 394 g/mol. The summed E-state index contributed by atoms with van der Waals surface area (Å²) >= 11 is 0. The first kappa shape index (κ1) is 23.4. The number of nitrogens with zero attached hydrogens (tertiary/aromatic N) is 2. The Morgan fingerprint density at radius 1 is 1.03 bits per heavy atom. The van der Waals surface area contributed by atoms with Gasteiger partial charge in [-0.15, -0.1) is 0 Å². The van der Waals surface area contributed by atoms with E-state index in [-0.39, 0.29) is 17.9 Å². The molecule has 0 aromatic heterocycles. The van der Waals surface area contributed by atoms with Gasteiger partial charge < -0.3 is 19.7 Å². The molecule has 172 valence electrons. The van der Waals surface area contributed by atoms with Crippen molar-refractivity contribution in [1.82, 2.24) is 9.80 Å². The number of anilines is 1. The maximum absolute atomic E-state index is 13.4. The average Bonchev–Trinajstić information content (AvgIpc) is 3.28. The molecule has 1 saturated heterocycles. The van der Waals surface area contributed by atoms with Crippen molar-refractivity contribution in [3.05, 3.63) is 18.2 Å². The molecule has 0 bridgehead atoms. The van der Waals surface area contributed by atoms with Gasteiger partial charge in [-0.25, -0.2) is 0 Å². The number of nitrogens with one attached hydrogen (secondary N) is 1. The van der Waals surface area contributed by atoms with Crippen molar-refractivity contribution in [1.29, 1.82) is 0 Å². The van der Waals surface area contributed by atoms with E-state index >= 15 is 0 Å². The molecule has 1 aromatic carbocycles. The summed E-state index contributed by atoms with van der Waals surface area (Å²) in [4.78, 5) is 30.1. The van der Waals surface area contributed by atoms with Crippen molar-refractivity contribution in [3.63, 3.8) is 0 Å². The van der Waals surface area contributed by atoms with E-state index in [1.807, 2.05) is 11.0 Å². The Bertz CT molecular complexity index is 753. The van der Waals surface area contributed by atoms with Gasteiger partial charge >= 0.3 is 0 Å². The van der Waals surface area contributed by atoms with Gasteiger partial charge in [-0.2, -0.15) is 0 Å². The molecule has 1 saturated carbocycles. The minimum absolute atomic E-state index is 0.0288. The van der Waals surface area contributed by atoms with Crippen molar-refractivity contribution in [2.75, 3.05) is 45.7 Å². The van der Waals surface area contributed by atoms with Crippen molar-refractivity contribution in [2.45, 2.75) is 52.0 Å². The maximum Gasteiger partial charge on any atom is 0.242 e. The largest absolute Gasteiger partial charge is 0.493 e. The number of amides is 2. The van der Waals surface area contributed by atoms with Crippen LogP contribution in [0.5, 0.6) is 11.5 Å². The lowest BCUT2D eigenvalue weighted by Crippen LogP contribution is -2.57. The Morgan fingerprint density at radius 2 is 1.68 bits per heavy atom. The van der Waals surface area contributed by atoms with E-state index in [0.717, 1.165) is 25.9 Å². The zero-order valence-corrected chi connectivity index (χ0v) is 19.4. The summed E-state index contributed by atoms with van der Waals surface area (Å²) in [5.41, 5.74) is 0.705. The Morgan fingerprint density at radius 3 is 2.26 bits per heavy atom. The van der Waals surface area contributed by atoms with Gasteiger partial charge in [-0.05, 0) is 36.8 Å². The molecular formula is C24H37N3O4. The molecule has 2 aliphatic rings. The zero-order valence-electron chi connectivity index (χ0n) is 19.4. The lowest BCUT2D eigenvalue weighted by molar-refractivity contribution is -0.135. The van der Waals surface area contributed by atoms with Crippen LogP contribution < -0.4 is 14.8 Å². The van der Waals surface area contributed by atoms with Crippen LogP contribution in [0.4, 0.5) is 5.69 Å². The first-order valence-corrected chi connectivity index (χ1v) is 11.5. The first-order valence-electron chi connectivity index (χ1n) is 11.5. The van der Waals surface area contributed by atoms with Gasteiger partial charge in [0.05, 0.1) is 20.3 Å². The van der Waals surface area contributed by atoms with Crippen molar-refractivity contribution < 1.29 is 19.1 Å². The fourth-order valence-corrected chi connectivity index (χ4v) is 4.81. The highest BCUT2D eigenvalue weighted by Crippen LogP contribution is 2.33. The third kappa shape index (κ3) is 5.91. The summed E-state index contributed by atoms with van der Waals surface area (Å²) in [7, 11) is 3.18. The van der Waals surface area contributed by atoms with Gasteiger partial charge in [0.15, 0.2) is 11.5 Å². The SMILES string of the molecule is COc1ccc(NC(=O)C(C2CCCC2)N2CCN(C(=O)CC(C)C)CC2)cc1OC. The Kier molecular flexibility index (Phi) is 8.18. The quantitative estimate of drug-likeness (QED) is 0.683. The number of carbonyl (C=O) groups excluding carboxylic acids is 2. The van der Waals surface area contributed by atoms with Crippen LogP contribution in [-0.2, 0) is 9.59 Å². The fourth-order valence-electron chi connectivity index (χ4n) is 4.81. The van der Waals surface area contributed by atoms with Crippen molar-refractivity contribution in [3.8, 4) is 11.5 Å². The standard InChI is InChI=1S/C24H37N3O4/c1-17(2)15-22(28)26-11-13-27(14-12-26)23(18-7-5-6-8-18)24(29)25-19-9-10-20(30-3)21(16-19)31-4/h9-10,16-18,23H,5-8,11-15H2,1-4H3,(H,25,29). The average molecular weight is 432 g/mol. The monoisotopic (exact) mass is 431 g/mol. The molecule has 31 heavy (non-hydrogen) atoms. The predicted octanol–water partition coefficient (Wildman–Crippen LogP) is 3.39. The first-order chi connectivity index (χ1) is 14.9. The zero-order chi connectivity index (χ0) is 22.4. The number of ether oxygens (including phenoxy) is 2. The number of hydrogen-bond donors (Lipinski definition) is 1. The van der Waals surface area contributed by atoms with E-state index in [1.54, 1.807) is 26.4 Å². The van der Waals surface area contributed by atoms with Gasteiger partial charge in [0.25, 0.3) is 0 Å². The molecule has 1 aliphatic carbocycles. The third-order valence-electron chi connectivity index (χ3n) is 6.41. The van der Waals surface area contributed by atoms with E-state index in [2.05, 4.69) is 24.1 Å². The lowest BCUT2D eigenvalue weighted by Gasteiger charge is -2.41. The Hall–Kier alpha value is -2.28. The summed E-state index contributed by atoms with van der Waals surface area (Å²) in [5, 5.41) is 3.11. The van der Waals surface area contributed by atoms with Crippen LogP contribution in [0, 0.1) is 11.8 Å². The smallest absolute Gasteiger partial charge is 0.242 e. The lowest BCUT2D eigenvalue weighted by atomic mass is 9.94. The molecule has 2 fully saturated rings. The van der Waals surface area contributed by atoms with Gasteiger partial charge in [0.1, 0.15) is 0 Å². The van der Waals surface area contributed by atoms with E-state index in [4.69, 9.17) is 9.47 Å². The molecule has 2 amide bonds. The summed E-state index contributed by atoms with van der Waals surface area (Å²) in [5.74, 6) is 2.20. The molecule has 3 rings (SSSR count). The van der Waals surface area contributed by atoms with E-state index in [0.29, 0.717) is 48.5 Å². The minimum atomic E-state index is -0.169. The summed E-state index contributed by atoms with van der Waals surface area (Å²) in [6.07, 6.45) is 5.11. The number of piperazine rings is 1. The minimum Gasteiger partial charge on any atom is -0.493 e. The molecule has 1 aliphatic heterocycles. The van der Waals surface area contributed by atoms with Crippen LogP contribution in [-0.4, -0.2) is 68.1 Å². The molecule has 1 heterocycles. The summed E-state index contributed by atoms with van der Waals surface area (Å²) in [6.45, 7) is 7.01. The van der Waals surface area contributed by atoms with Gasteiger partial charge in [-0.1, -0.05) is 26.7 Å². The molecule has 0 radical (unpaired) electrons. The molecule has 7 heteroatoms. The summed E-state index contributed by atoms with van der Waals surface area (Å²) < 4.78 is 10.7. The summed E-state index contributed by atoms with van der Waals surface area (Å²) in [6, 6.07) is 5.27. The van der Waals surface area contributed by atoms with Crippen LogP contribution in [0.3, 0.4) is 0 Å². The Labute approximate surface area is 186 Å². The Balaban J connectivity index is 1.68. The second kappa shape index (κ2) is 10.8. The van der Waals surface area contributed by atoms with Crippen LogP contribution >= 0.6 is 0 Å². The highest BCUT2D eigenvalue weighted by atomic mass is 16.5. The fraction of sp³-hybridized carbons (Fsp3) is 0.667. The van der Waals surface area contributed by atoms with Crippen LogP contribution in [0.1, 0.15) is 46.0 Å². The van der Waals surface area contributed by atoms with Crippen LogP contribution in [0.25, 0.3) is 0 Å².